The molecule has 2 aromatic rings. The number of hydrazine groups is 1. The summed E-state index contributed by atoms with van der Waals surface area (Å²) >= 11 is 0. The summed E-state index contributed by atoms with van der Waals surface area (Å²) in [5.74, 6) is -1.29. The average molecular weight is 487 g/mol. The number of amides is 2. The van der Waals surface area contributed by atoms with Crippen molar-refractivity contribution in [1.29, 1.82) is 0 Å². The number of hydrogen-bond donors (Lipinski definition) is 2. The van der Waals surface area contributed by atoms with Gasteiger partial charge in [-0.3, -0.25) is 25.3 Å². The maximum atomic E-state index is 13.0. The molecule has 0 bridgehead atoms. The molecular weight excluding hydrogens is 460 g/mol. The summed E-state index contributed by atoms with van der Waals surface area (Å²) in [6, 6.07) is 15.7. The molecule has 2 aliphatic heterocycles. The van der Waals surface area contributed by atoms with Crippen molar-refractivity contribution in [1.82, 2.24) is 20.1 Å². The number of benzene rings is 2. The van der Waals surface area contributed by atoms with Gasteiger partial charge in [0.15, 0.2) is 0 Å². The SMILES string of the molecule is O=C(NNC(=O)c1ccc(S(=O)(=O)N2CCN(Cc3ccccc3)CC2)cc1)C1=COCCO1. The second-order valence-electron chi connectivity index (χ2n) is 7.80. The predicted molar refractivity (Wildman–Crippen MR) is 123 cm³/mol. The number of carbonyl (C=O) groups excluding carboxylic acids is 2. The fourth-order valence-corrected chi connectivity index (χ4v) is 5.05. The first kappa shape index (κ1) is 23.7. The van der Waals surface area contributed by atoms with Gasteiger partial charge in [-0.2, -0.15) is 4.31 Å². The van der Waals surface area contributed by atoms with E-state index in [-0.39, 0.29) is 22.8 Å². The molecule has 1 fully saturated rings. The zero-order valence-corrected chi connectivity index (χ0v) is 19.3. The minimum atomic E-state index is -3.67. The van der Waals surface area contributed by atoms with Crippen molar-refractivity contribution in [2.45, 2.75) is 11.4 Å². The zero-order chi connectivity index (χ0) is 24.0. The molecule has 2 aliphatic rings. The highest BCUT2D eigenvalue weighted by molar-refractivity contribution is 7.89. The predicted octanol–water partition coefficient (Wildman–Crippen LogP) is 0.842. The van der Waals surface area contributed by atoms with Gasteiger partial charge in [-0.15, -0.1) is 0 Å². The van der Waals surface area contributed by atoms with E-state index in [9.17, 15) is 18.0 Å². The van der Waals surface area contributed by atoms with Crippen LogP contribution in [0.3, 0.4) is 0 Å². The number of nitrogens with zero attached hydrogens (tertiary/aromatic N) is 2. The Morgan fingerprint density at radius 1 is 0.853 bits per heavy atom. The van der Waals surface area contributed by atoms with E-state index in [1.54, 1.807) is 0 Å². The Hall–Kier alpha value is -3.41. The first-order valence-electron chi connectivity index (χ1n) is 10.9. The number of hydrogen-bond acceptors (Lipinski definition) is 7. The largest absolute Gasteiger partial charge is 0.494 e. The van der Waals surface area contributed by atoms with E-state index in [1.807, 2.05) is 18.2 Å². The third kappa shape index (κ3) is 5.74. The molecule has 0 unspecified atom stereocenters. The Morgan fingerprint density at radius 3 is 2.18 bits per heavy atom. The van der Waals surface area contributed by atoms with E-state index >= 15 is 0 Å². The number of sulfonamides is 1. The number of ether oxygens (including phenoxy) is 2. The molecular formula is C23H26N4O6S. The fraction of sp³-hybridized carbons (Fsp3) is 0.304. The highest BCUT2D eigenvalue weighted by atomic mass is 32.2. The van der Waals surface area contributed by atoms with Gasteiger partial charge < -0.3 is 9.47 Å². The highest BCUT2D eigenvalue weighted by Gasteiger charge is 2.28. The van der Waals surface area contributed by atoms with Crippen LogP contribution in [0.15, 0.2) is 71.5 Å². The Bertz CT molecular complexity index is 1140. The monoisotopic (exact) mass is 486 g/mol. The summed E-state index contributed by atoms with van der Waals surface area (Å²) in [7, 11) is -3.67. The molecule has 0 atom stereocenters. The summed E-state index contributed by atoms with van der Waals surface area (Å²) in [4.78, 5) is 26.6. The standard InChI is InChI=1S/C23H26N4O6S/c28-22(24-25-23(29)21-17-32-14-15-33-21)19-6-8-20(9-7-19)34(30,31)27-12-10-26(11-13-27)16-18-4-2-1-3-5-18/h1-9,17H,10-16H2,(H,24,28)(H,25,29). The van der Waals surface area contributed by atoms with Crippen LogP contribution < -0.4 is 10.9 Å². The van der Waals surface area contributed by atoms with Crippen LogP contribution in [-0.4, -0.2) is 68.8 Å². The maximum absolute atomic E-state index is 13.0. The second-order valence-corrected chi connectivity index (χ2v) is 9.74. The van der Waals surface area contributed by atoms with Crippen LogP contribution in [0.2, 0.25) is 0 Å². The molecule has 2 N–H and O–H groups in total. The van der Waals surface area contributed by atoms with E-state index in [2.05, 4.69) is 27.9 Å². The van der Waals surface area contributed by atoms with Crippen molar-refractivity contribution in [3.63, 3.8) is 0 Å². The van der Waals surface area contributed by atoms with Gasteiger partial charge in [-0.1, -0.05) is 30.3 Å². The van der Waals surface area contributed by atoms with Gasteiger partial charge in [0, 0.05) is 38.3 Å². The van der Waals surface area contributed by atoms with E-state index in [0.29, 0.717) is 32.8 Å². The van der Waals surface area contributed by atoms with Crippen molar-refractivity contribution in [2.75, 3.05) is 39.4 Å². The van der Waals surface area contributed by atoms with E-state index < -0.39 is 21.8 Å². The summed E-state index contributed by atoms with van der Waals surface area (Å²) < 4.78 is 37.7. The van der Waals surface area contributed by atoms with Crippen LogP contribution in [0.5, 0.6) is 0 Å². The van der Waals surface area contributed by atoms with E-state index in [4.69, 9.17) is 9.47 Å². The van der Waals surface area contributed by atoms with Crippen LogP contribution in [-0.2, 0) is 30.8 Å². The van der Waals surface area contributed by atoms with E-state index in [1.165, 1.54) is 40.4 Å². The molecule has 0 radical (unpaired) electrons. The van der Waals surface area contributed by atoms with Crippen LogP contribution >= 0.6 is 0 Å². The highest BCUT2D eigenvalue weighted by Crippen LogP contribution is 2.19. The van der Waals surface area contributed by atoms with Gasteiger partial charge >= 0.3 is 5.91 Å². The molecule has 180 valence electrons. The topological polar surface area (TPSA) is 117 Å². The first-order valence-corrected chi connectivity index (χ1v) is 12.3. The quantitative estimate of drug-likeness (QED) is 0.581. The number of carbonyl (C=O) groups is 2. The molecule has 11 heteroatoms. The Balaban J connectivity index is 1.30. The molecule has 0 spiro atoms. The number of rotatable bonds is 6. The Morgan fingerprint density at radius 2 is 1.53 bits per heavy atom. The van der Waals surface area contributed by atoms with Gasteiger partial charge in [0.05, 0.1) is 4.90 Å². The summed E-state index contributed by atoms with van der Waals surface area (Å²) in [5, 5.41) is 0. The van der Waals surface area contributed by atoms with Crippen LogP contribution in [0, 0.1) is 0 Å². The van der Waals surface area contributed by atoms with Crippen molar-refractivity contribution in [2.24, 2.45) is 0 Å². The van der Waals surface area contributed by atoms with Crippen molar-refractivity contribution in [3.8, 4) is 0 Å². The molecule has 34 heavy (non-hydrogen) atoms. The van der Waals surface area contributed by atoms with Gasteiger partial charge in [0.2, 0.25) is 15.8 Å². The Labute approximate surface area is 198 Å². The molecule has 2 amide bonds. The molecule has 2 aromatic carbocycles. The second kappa shape index (κ2) is 10.7. The molecule has 10 nitrogen and oxygen atoms in total. The molecule has 0 aromatic heterocycles. The summed E-state index contributed by atoms with van der Waals surface area (Å²) in [5.41, 5.74) is 5.88. The summed E-state index contributed by atoms with van der Waals surface area (Å²) in [6.45, 7) is 3.44. The fourth-order valence-electron chi connectivity index (χ4n) is 3.63. The van der Waals surface area contributed by atoms with Gasteiger partial charge in [-0.05, 0) is 29.8 Å². The molecule has 0 aliphatic carbocycles. The molecule has 2 heterocycles. The van der Waals surface area contributed by atoms with Crippen LogP contribution in [0.25, 0.3) is 0 Å². The maximum Gasteiger partial charge on any atom is 0.308 e. The van der Waals surface area contributed by atoms with Crippen molar-refractivity contribution in [3.05, 3.63) is 77.7 Å². The lowest BCUT2D eigenvalue weighted by molar-refractivity contribution is -0.123. The first-order chi connectivity index (χ1) is 16.4. The van der Waals surface area contributed by atoms with Crippen LogP contribution in [0.4, 0.5) is 0 Å². The average Bonchev–Trinajstić information content (AvgIpc) is 2.88. The van der Waals surface area contributed by atoms with Crippen molar-refractivity contribution < 1.29 is 27.5 Å². The van der Waals surface area contributed by atoms with E-state index in [0.717, 1.165) is 6.54 Å². The third-order valence-corrected chi connectivity index (χ3v) is 7.41. The lowest BCUT2D eigenvalue weighted by atomic mass is 10.2. The summed E-state index contributed by atoms with van der Waals surface area (Å²) in [6.07, 6.45) is 1.17. The number of nitrogens with one attached hydrogen (secondary N) is 2. The molecule has 4 rings (SSSR count). The minimum absolute atomic E-state index is 0.0446. The minimum Gasteiger partial charge on any atom is -0.494 e. The zero-order valence-electron chi connectivity index (χ0n) is 18.5. The molecule has 1 saturated heterocycles. The lowest BCUT2D eigenvalue weighted by Crippen LogP contribution is -2.48. The number of piperazine rings is 1. The van der Waals surface area contributed by atoms with Gasteiger partial charge in [-0.25, -0.2) is 8.42 Å². The molecule has 0 saturated carbocycles. The lowest BCUT2D eigenvalue weighted by Gasteiger charge is -2.34. The smallest absolute Gasteiger partial charge is 0.308 e. The third-order valence-electron chi connectivity index (χ3n) is 5.50. The van der Waals surface area contributed by atoms with Gasteiger partial charge in [0.1, 0.15) is 19.5 Å². The van der Waals surface area contributed by atoms with Gasteiger partial charge in [0.25, 0.3) is 5.91 Å². The normalized spacial score (nSPS) is 17.1. The van der Waals surface area contributed by atoms with Crippen molar-refractivity contribution >= 4 is 21.8 Å². The van der Waals surface area contributed by atoms with Crippen LogP contribution in [0.1, 0.15) is 15.9 Å². The Kier molecular flexibility index (Phi) is 7.46.